The molecule has 16 nitrogen and oxygen atoms in total. The van der Waals surface area contributed by atoms with E-state index in [4.69, 9.17) is 9.47 Å². The number of pyridine rings is 1. The van der Waals surface area contributed by atoms with Crippen molar-refractivity contribution < 1.29 is 41.9 Å². The molecule has 17 heteroatoms. The number of carbonyl (C=O) groups is 5. The maximum Gasteiger partial charge on any atom is 0.408 e. The predicted octanol–water partition coefficient (Wildman–Crippen LogP) is 1.74. The SMILES string of the molecule is O=C(N[C@H]1CN(C(=O)NS(=O)(=O)N2CCN(Cc3cc(=O)c(OCc4ccccc4)cn3Cc3ccccc3)C(=O)C2=O)C1=O)OCc1ccccc1. The molecule has 2 fully saturated rings. The Morgan fingerprint density at radius 3 is 1.98 bits per heavy atom. The van der Waals surface area contributed by atoms with Gasteiger partial charge in [0.25, 0.3) is 5.91 Å². The number of aromatic nitrogens is 1. The molecule has 6 amide bonds. The van der Waals surface area contributed by atoms with Crippen molar-refractivity contribution in [2.24, 2.45) is 0 Å². The van der Waals surface area contributed by atoms with E-state index in [-0.39, 0.29) is 42.9 Å². The van der Waals surface area contributed by atoms with E-state index in [1.54, 1.807) is 39.6 Å². The number of hydrogen-bond acceptors (Lipinski definition) is 10. The van der Waals surface area contributed by atoms with Gasteiger partial charge >= 0.3 is 34.1 Å². The molecule has 1 aromatic heterocycles. The van der Waals surface area contributed by atoms with Crippen molar-refractivity contribution in [2.75, 3.05) is 19.6 Å². The molecule has 0 saturated carbocycles. The minimum absolute atomic E-state index is 0.0557. The molecule has 3 heterocycles. The number of piperazine rings is 1. The molecule has 274 valence electrons. The maximum atomic E-state index is 13.2. The summed E-state index contributed by atoms with van der Waals surface area (Å²) in [4.78, 5) is 78.4. The smallest absolute Gasteiger partial charge is 0.408 e. The van der Waals surface area contributed by atoms with Gasteiger partial charge in [0.15, 0.2) is 5.75 Å². The summed E-state index contributed by atoms with van der Waals surface area (Å²) in [5.74, 6) is -3.45. The normalized spacial score (nSPS) is 15.8. The molecule has 6 rings (SSSR count). The number of imide groups is 1. The number of β-lactam (4-membered cyclic amide) rings is 1. The number of urea groups is 1. The monoisotopic (exact) mass is 742 g/mol. The minimum Gasteiger partial charge on any atom is -0.483 e. The zero-order chi connectivity index (χ0) is 37.5. The van der Waals surface area contributed by atoms with E-state index in [0.717, 1.165) is 16.0 Å². The first-order valence-electron chi connectivity index (χ1n) is 16.4. The highest BCUT2D eigenvalue weighted by molar-refractivity contribution is 7.88. The molecule has 0 spiro atoms. The Balaban J connectivity index is 1.06. The molecule has 4 aromatic rings. The van der Waals surface area contributed by atoms with Crippen molar-refractivity contribution in [3.05, 3.63) is 136 Å². The molecule has 2 aliphatic heterocycles. The largest absolute Gasteiger partial charge is 0.483 e. The second kappa shape index (κ2) is 15.8. The van der Waals surface area contributed by atoms with E-state index in [9.17, 15) is 37.2 Å². The lowest BCUT2D eigenvalue weighted by molar-refractivity contribution is -0.152. The van der Waals surface area contributed by atoms with Gasteiger partial charge in [-0.2, -0.15) is 8.42 Å². The van der Waals surface area contributed by atoms with Crippen LogP contribution in [0.3, 0.4) is 0 Å². The van der Waals surface area contributed by atoms with Crippen molar-refractivity contribution in [3.8, 4) is 5.75 Å². The van der Waals surface area contributed by atoms with Crippen LogP contribution in [0.2, 0.25) is 0 Å². The van der Waals surface area contributed by atoms with E-state index in [1.807, 2.05) is 60.7 Å². The van der Waals surface area contributed by atoms with Crippen molar-refractivity contribution in [2.45, 2.75) is 32.3 Å². The van der Waals surface area contributed by atoms with Crippen LogP contribution in [-0.4, -0.2) is 82.6 Å². The molecule has 2 aliphatic rings. The Kier molecular flexibility index (Phi) is 10.8. The van der Waals surface area contributed by atoms with Crippen LogP contribution in [0, 0.1) is 0 Å². The van der Waals surface area contributed by atoms with Gasteiger partial charge in [-0.05, 0) is 16.7 Å². The molecule has 0 bridgehead atoms. The third-order valence-corrected chi connectivity index (χ3v) is 9.78. The van der Waals surface area contributed by atoms with Crippen molar-refractivity contribution in [1.82, 2.24) is 28.7 Å². The Bertz CT molecular complexity index is 2180. The summed E-state index contributed by atoms with van der Waals surface area (Å²) in [6.45, 7) is -0.960. The number of likely N-dealkylation sites (tertiary alicyclic amines) is 1. The third kappa shape index (κ3) is 8.70. The second-order valence-corrected chi connectivity index (χ2v) is 13.7. The lowest BCUT2D eigenvalue weighted by Gasteiger charge is -2.37. The zero-order valence-corrected chi connectivity index (χ0v) is 28.9. The average molecular weight is 743 g/mol. The summed E-state index contributed by atoms with van der Waals surface area (Å²) >= 11 is 0. The average Bonchev–Trinajstić information content (AvgIpc) is 3.15. The number of alkyl carbamates (subject to hydrolysis) is 1. The first kappa shape index (κ1) is 36.3. The number of benzene rings is 3. The first-order chi connectivity index (χ1) is 25.5. The quantitative estimate of drug-likeness (QED) is 0.160. The Morgan fingerprint density at radius 2 is 1.36 bits per heavy atom. The fraction of sp³-hybridized carbons (Fsp3) is 0.222. The van der Waals surface area contributed by atoms with Gasteiger partial charge in [0.2, 0.25) is 5.43 Å². The lowest BCUT2D eigenvalue weighted by Crippen LogP contribution is -2.68. The number of hydrogen-bond donors (Lipinski definition) is 2. The number of ether oxygens (including phenoxy) is 2. The highest BCUT2D eigenvalue weighted by Crippen LogP contribution is 2.18. The highest BCUT2D eigenvalue weighted by Gasteiger charge is 2.45. The van der Waals surface area contributed by atoms with Crippen molar-refractivity contribution in [1.29, 1.82) is 0 Å². The number of rotatable bonds is 12. The molecule has 0 radical (unpaired) electrons. The summed E-state index contributed by atoms with van der Waals surface area (Å²) in [5.41, 5.74) is 2.36. The maximum absolute atomic E-state index is 13.2. The van der Waals surface area contributed by atoms with E-state index < -0.39 is 58.1 Å². The molecule has 0 aliphatic carbocycles. The molecular formula is C36H34N6O10S. The Hall–Kier alpha value is -6.49. The van der Waals surface area contributed by atoms with Crippen LogP contribution in [0.25, 0.3) is 0 Å². The second-order valence-electron chi connectivity index (χ2n) is 12.1. The topological polar surface area (TPSA) is 194 Å². The van der Waals surface area contributed by atoms with Crippen LogP contribution in [0.1, 0.15) is 22.4 Å². The van der Waals surface area contributed by atoms with Gasteiger partial charge in [-0.15, -0.1) is 0 Å². The molecule has 53 heavy (non-hydrogen) atoms. The molecule has 0 unspecified atom stereocenters. The van der Waals surface area contributed by atoms with Gasteiger partial charge in [0, 0.05) is 24.8 Å². The number of carbonyl (C=O) groups excluding carboxylic acids is 5. The third-order valence-electron chi connectivity index (χ3n) is 8.42. The molecule has 3 aromatic carbocycles. The van der Waals surface area contributed by atoms with Crippen molar-refractivity contribution in [3.63, 3.8) is 0 Å². The predicted molar refractivity (Wildman–Crippen MR) is 187 cm³/mol. The molecule has 2 N–H and O–H groups in total. The Morgan fingerprint density at radius 1 is 0.755 bits per heavy atom. The zero-order valence-electron chi connectivity index (χ0n) is 28.1. The van der Waals surface area contributed by atoms with Crippen LogP contribution in [0.15, 0.2) is 108 Å². The van der Waals surface area contributed by atoms with E-state index >= 15 is 0 Å². The molecule has 2 saturated heterocycles. The number of nitrogens with one attached hydrogen (secondary N) is 2. The van der Waals surface area contributed by atoms with Gasteiger partial charge in [-0.3, -0.25) is 24.1 Å². The van der Waals surface area contributed by atoms with Gasteiger partial charge in [0.1, 0.15) is 19.3 Å². The van der Waals surface area contributed by atoms with Gasteiger partial charge in [-0.1, -0.05) is 91.0 Å². The van der Waals surface area contributed by atoms with Crippen LogP contribution in [0.4, 0.5) is 9.59 Å². The summed E-state index contributed by atoms with van der Waals surface area (Å²) in [6, 6.07) is 26.2. The van der Waals surface area contributed by atoms with Crippen LogP contribution in [-0.2, 0) is 55.6 Å². The number of amides is 6. The van der Waals surface area contributed by atoms with E-state index in [2.05, 4.69) is 5.32 Å². The fourth-order valence-corrected chi connectivity index (χ4v) is 6.64. The van der Waals surface area contributed by atoms with E-state index in [0.29, 0.717) is 22.7 Å². The number of nitrogens with zero attached hydrogens (tertiary/aromatic N) is 4. The highest BCUT2D eigenvalue weighted by atomic mass is 32.2. The fourth-order valence-electron chi connectivity index (χ4n) is 5.58. The van der Waals surface area contributed by atoms with Crippen molar-refractivity contribution >= 4 is 40.1 Å². The van der Waals surface area contributed by atoms with E-state index in [1.165, 1.54) is 12.3 Å². The van der Waals surface area contributed by atoms with Gasteiger partial charge in [-0.25, -0.2) is 18.6 Å². The molecular weight excluding hydrogens is 708 g/mol. The Labute approximate surface area is 303 Å². The lowest BCUT2D eigenvalue weighted by atomic mass is 10.1. The summed E-state index contributed by atoms with van der Waals surface area (Å²) < 4.78 is 40.6. The summed E-state index contributed by atoms with van der Waals surface area (Å²) in [6.07, 6.45) is 0.618. The van der Waals surface area contributed by atoms with Crippen LogP contribution in [0.5, 0.6) is 5.75 Å². The molecule has 1 atom stereocenters. The van der Waals surface area contributed by atoms with Gasteiger partial charge in [0.05, 0.1) is 25.8 Å². The van der Waals surface area contributed by atoms with Crippen LogP contribution < -0.4 is 20.2 Å². The summed E-state index contributed by atoms with van der Waals surface area (Å²) in [7, 11) is -4.92. The summed E-state index contributed by atoms with van der Waals surface area (Å²) in [5, 5.41) is 2.30. The first-order valence-corrected chi connectivity index (χ1v) is 17.8. The standard InChI is InChI=1S/C36H34N6O10S/c43-30-18-28(40(19-25-10-4-1-5-11-25)22-31(30)51-23-26-12-6-2-7-13-26)20-39-16-17-42(34(46)33(39)45)53(49,50)38-35(47)41-21-29(32(41)44)37-36(48)52-24-27-14-8-3-9-15-27/h1-15,18,22,29H,16-17,19-21,23-24H2,(H,37,48)(H,38,47)/t29-/m0/s1. The minimum atomic E-state index is -4.92. The van der Waals surface area contributed by atoms with Gasteiger partial charge < -0.3 is 24.3 Å². The van der Waals surface area contributed by atoms with Crippen LogP contribution >= 0.6 is 0 Å².